The van der Waals surface area contributed by atoms with Crippen LogP contribution in [0.25, 0.3) is 10.9 Å². The van der Waals surface area contributed by atoms with Gasteiger partial charge in [-0.25, -0.2) is 0 Å². The molecule has 0 bridgehead atoms. The summed E-state index contributed by atoms with van der Waals surface area (Å²) in [6, 6.07) is 10.6. The lowest BCUT2D eigenvalue weighted by Gasteiger charge is -2.30. The van der Waals surface area contributed by atoms with Crippen LogP contribution < -0.4 is 14.8 Å². The normalized spacial score (nSPS) is 19.8. The summed E-state index contributed by atoms with van der Waals surface area (Å²) in [5.41, 5.74) is 4.45. The van der Waals surface area contributed by atoms with Crippen molar-refractivity contribution >= 4 is 23.2 Å². The van der Waals surface area contributed by atoms with Gasteiger partial charge in [0.1, 0.15) is 12.3 Å². The zero-order valence-electron chi connectivity index (χ0n) is 15.9. The first-order chi connectivity index (χ1) is 14.2. The van der Waals surface area contributed by atoms with Crippen molar-refractivity contribution in [3.8, 4) is 11.5 Å². The summed E-state index contributed by atoms with van der Waals surface area (Å²) in [6.45, 7) is 2.33. The number of H-pyrrole nitrogens is 1. The van der Waals surface area contributed by atoms with Crippen LogP contribution in [-0.4, -0.2) is 36.7 Å². The van der Waals surface area contributed by atoms with Crippen LogP contribution in [0.3, 0.4) is 0 Å². The predicted octanol–water partition coefficient (Wildman–Crippen LogP) is 2.88. The first-order valence-electron chi connectivity index (χ1n) is 9.60. The maximum atomic E-state index is 12.5. The predicted molar refractivity (Wildman–Crippen MR) is 105 cm³/mol. The molecule has 2 aliphatic heterocycles. The van der Waals surface area contributed by atoms with E-state index in [0.29, 0.717) is 30.1 Å². The molecular weight excluding hydrogens is 372 g/mol. The maximum Gasteiger partial charge on any atom is 0.323 e. The molecular formula is C22H20N2O5. The summed E-state index contributed by atoms with van der Waals surface area (Å²) in [6.07, 6.45) is 1.34. The summed E-state index contributed by atoms with van der Waals surface area (Å²) in [4.78, 5) is 27.2. The molecule has 0 amide bonds. The van der Waals surface area contributed by atoms with Crippen molar-refractivity contribution in [2.24, 2.45) is 0 Å². The van der Waals surface area contributed by atoms with Gasteiger partial charge in [0, 0.05) is 28.6 Å². The first kappa shape index (κ1) is 17.8. The Morgan fingerprint density at radius 1 is 1.21 bits per heavy atom. The fraction of sp³-hybridized carbons (Fsp3) is 0.273. The second-order valence-corrected chi connectivity index (χ2v) is 7.16. The van der Waals surface area contributed by atoms with Crippen molar-refractivity contribution in [1.82, 2.24) is 10.3 Å². The number of ether oxygens (including phenoxy) is 3. The highest BCUT2D eigenvalue weighted by atomic mass is 16.7. The van der Waals surface area contributed by atoms with Gasteiger partial charge in [-0.3, -0.25) is 14.9 Å². The van der Waals surface area contributed by atoms with Crippen LogP contribution in [0.2, 0.25) is 0 Å². The molecule has 0 radical (unpaired) electrons. The van der Waals surface area contributed by atoms with Crippen molar-refractivity contribution in [2.75, 3.05) is 13.4 Å². The molecule has 2 aliphatic rings. The molecule has 5 rings (SSSR count). The Balaban J connectivity index is 1.63. The van der Waals surface area contributed by atoms with E-state index in [2.05, 4.69) is 10.3 Å². The Kier molecular flexibility index (Phi) is 4.24. The van der Waals surface area contributed by atoms with Crippen LogP contribution in [0.15, 0.2) is 36.4 Å². The third-order valence-corrected chi connectivity index (χ3v) is 5.47. The number of carbonyl (C=O) groups excluding carboxylic acids is 2. The summed E-state index contributed by atoms with van der Waals surface area (Å²) in [5.74, 6) is 1.12. The van der Waals surface area contributed by atoms with Crippen LogP contribution in [-0.2, 0) is 16.0 Å². The fourth-order valence-electron chi connectivity index (χ4n) is 4.13. The third-order valence-electron chi connectivity index (χ3n) is 5.47. The molecule has 3 heterocycles. The molecule has 7 heteroatoms. The number of aromatic nitrogens is 1. The zero-order valence-corrected chi connectivity index (χ0v) is 15.9. The topological polar surface area (TPSA) is 89.7 Å². The second-order valence-electron chi connectivity index (χ2n) is 7.16. The number of hydrogen-bond donors (Lipinski definition) is 2. The van der Waals surface area contributed by atoms with Gasteiger partial charge in [0.2, 0.25) is 6.79 Å². The minimum atomic E-state index is -0.470. The lowest BCUT2D eigenvalue weighted by Crippen LogP contribution is -2.45. The number of carbonyl (C=O) groups is 2. The Morgan fingerprint density at radius 2 is 2.07 bits per heavy atom. The van der Waals surface area contributed by atoms with Crippen molar-refractivity contribution in [3.63, 3.8) is 0 Å². The van der Waals surface area contributed by atoms with Crippen molar-refractivity contribution in [3.05, 3.63) is 58.8 Å². The highest BCUT2D eigenvalue weighted by Crippen LogP contribution is 2.39. The van der Waals surface area contributed by atoms with Crippen LogP contribution >= 0.6 is 0 Å². The van der Waals surface area contributed by atoms with E-state index in [0.717, 1.165) is 34.0 Å². The molecule has 2 aromatic carbocycles. The maximum absolute atomic E-state index is 12.5. The van der Waals surface area contributed by atoms with Crippen molar-refractivity contribution < 1.29 is 23.8 Å². The van der Waals surface area contributed by atoms with E-state index >= 15 is 0 Å². The number of rotatable bonds is 4. The third kappa shape index (κ3) is 2.94. The van der Waals surface area contributed by atoms with Crippen LogP contribution in [0.5, 0.6) is 11.5 Å². The van der Waals surface area contributed by atoms with Crippen LogP contribution in [0.1, 0.15) is 40.1 Å². The zero-order chi connectivity index (χ0) is 20.0. The standard InChI is InChI=1S/C22H20N2O5/c1-2-27-22(26)17-9-15-14-5-3-12(10-25)7-16(14)23-21(15)20(24-17)13-4-6-18-19(8-13)29-11-28-18/h3-8,10,17,20,23-24H,2,9,11H2,1H3/t17-,20-/m1/s1. The van der Waals surface area contributed by atoms with Gasteiger partial charge in [-0.15, -0.1) is 0 Å². The van der Waals surface area contributed by atoms with Gasteiger partial charge in [-0.1, -0.05) is 18.2 Å². The van der Waals surface area contributed by atoms with E-state index in [-0.39, 0.29) is 18.8 Å². The molecule has 29 heavy (non-hydrogen) atoms. The number of esters is 1. The number of hydrogen-bond acceptors (Lipinski definition) is 6. The molecule has 2 N–H and O–H groups in total. The highest BCUT2D eigenvalue weighted by Gasteiger charge is 2.35. The van der Waals surface area contributed by atoms with E-state index < -0.39 is 6.04 Å². The quantitative estimate of drug-likeness (QED) is 0.524. The van der Waals surface area contributed by atoms with Gasteiger partial charge in [-0.05, 0) is 36.2 Å². The number of fused-ring (bicyclic) bond motifs is 4. The molecule has 0 fully saturated rings. The molecule has 0 spiro atoms. The summed E-state index contributed by atoms with van der Waals surface area (Å²) >= 11 is 0. The molecule has 7 nitrogen and oxygen atoms in total. The van der Waals surface area contributed by atoms with E-state index in [9.17, 15) is 9.59 Å². The van der Waals surface area contributed by atoms with E-state index in [4.69, 9.17) is 14.2 Å². The lowest BCUT2D eigenvalue weighted by molar-refractivity contribution is -0.146. The Labute approximate surface area is 167 Å². The molecule has 3 aromatic rings. The summed E-state index contributed by atoms with van der Waals surface area (Å²) < 4.78 is 16.2. The average molecular weight is 392 g/mol. The molecule has 0 aliphatic carbocycles. The van der Waals surface area contributed by atoms with Crippen LogP contribution in [0, 0.1) is 0 Å². The molecule has 1 aromatic heterocycles. The molecule has 0 saturated carbocycles. The Hall–Kier alpha value is -3.32. The molecule has 0 unspecified atom stereocenters. The minimum Gasteiger partial charge on any atom is -0.465 e. The van der Waals surface area contributed by atoms with E-state index in [1.165, 1.54) is 0 Å². The molecule has 0 saturated heterocycles. The monoisotopic (exact) mass is 392 g/mol. The van der Waals surface area contributed by atoms with E-state index in [1.54, 1.807) is 13.0 Å². The number of aldehydes is 1. The van der Waals surface area contributed by atoms with Crippen molar-refractivity contribution in [1.29, 1.82) is 0 Å². The van der Waals surface area contributed by atoms with Gasteiger partial charge in [0.15, 0.2) is 11.5 Å². The van der Waals surface area contributed by atoms with Crippen molar-refractivity contribution in [2.45, 2.75) is 25.4 Å². The van der Waals surface area contributed by atoms with Gasteiger partial charge >= 0.3 is 5.97 Å². The van der Waals surface area contributed by atoms with Gasteiger partial charge in [0.25, 0.3) is 0 Å². The summed E-state index contributed by atoms with van der Waals surface area (Å²) in [7, 11) is 0. The van der Waals surface area contributed by atoms with Gasteiger partial charge < -0.3 is 19.2 Å². The van der Waals surface area contributed by atoms with Crippen LogP contribution in [0.4, 0.5) is 0 Å². The van der Waals surface area contributed by atoms with Gasteiger partial charge in [-0.2, -0.15) is 0 Å². The molecule has 148 valence electrons. The summed E-state index contributed by atoms with van der Waals surface area (Å²) in [5, 5.41) is 4.43. The Morgan fingerprint density at radius 3 is 2.90 bits per heavy atom. The number of aromatic amines is 1. The minimum absolute atomic E-state index is 0.203. The Bertz CT molecular complexity index is 1120. The van der Waals surface area contributed by atoms with E-state index in [1.807, 2.05) is 30.3 Å². The SMILES string of the molecule is CCOC(=O)[C@H]1Cc2c([nH]c3cc(C=O)ccc23)[C@@H](c2ccc3c(c2)OCO3)N1. The lowest BCUT2D eigenvalue weighted by atomic mass is 9.90. The largest absolute Gasteiger partial charge is 0.465 e. The number of nitrogens with one attached hydrogen (secondary N) is 2. The first-order valence-corrected chi connectivity index (χ1v) is 9.60. The highest BCUT2D eigenvalue weighted by molar-refractivity contribution is 5.91. The fourth-order valence-corrected chi connectivity index (χ4v) is 4.13. The average Bonchev–Trinajstić information content (AvgIpc) is 3.36. The second kappa shape index (κ2) is 6.93. The smallest absolute Gasteiger partial charge is 0.323 e. The number of benzene rings is 2. The molecule has 2 atom stereocenters. The van der Waals surface area contributed by atoms with Gasteiger partial charge in [0.05, 0.1) is 12.6 Å².